The van der Waals surface area contributed by atoms with Gasteiger partial charge in [0.05, 0.1) is 16.9 Å². The smallest absolute Gasteiger partial charge is 0.263 e. The number of hydrogen-bond donors (Lipinski definition) is 2. The third kappa shape index (κ3) is 5.99. The number of anilines is 2. The van der Waals surface area contributed by atoms with Crippen molar-refractivity contribution in [1.82, 2.24) is 19.5 Å². The highest BCUT2D eigenvalue weighted by molar-refractivity contribution is 7.92. The lowest BCUT2D eigenvalue weighted by molar-refractivity contribution is -0.116. The van der Waals surface area contributed by atoms with Crippen LogP contribution in [-0.4, -0.2) is 33.8 Å². The van der Waals surface area contributed by atoms with Crippen LogP contribution in [0.3, 0.4) is 0 Å². The van der Waals surface area contributed by atoms with Gasteiger partial charge < -0.3 is 5.32 Å². The molecule has 0 bridgehead atoms. The van der Waals surface area contributed by atoms with E-state index < -0.39 is 15.9 Å². The number of aryl methyl sites for hydroxylation is 3. The molecule has 0 aliphatic heterocycles. The monoisotopic (exact) mass is 504 g/mol. The average molecular weight is 505 g/mol. The van der Waals surface area contributed by atoms with E-state index in [0.29, 0.717) is 22.9 Å². The molecular weight excluding hydrogens is 480 g/mol. The minimum atomic E-state index is -3.88. The fraction of sp³-hybridized carbons (Fsp3) is 0.160. The van der Waals surface area contributed by atoms with E-state index >= 15 is 0 Å². The van der Waals surface area contributed by atoms with Crippen LogP contribution in [-0.2, 0) is 21.4 Å². The van der Waals surface area contributed by atoms with Crippen LogP contribution in [0.4, 0.5) is 11.5 Å². The first-order valence-corrected chi connectivity index (χ1v) is 12.5. The van der Waals surface area contributed by atoms with Crippen LogP contribution in [0.5, 0.6) is 0 Å². The van der Waals surface area contributed by atoms with Gasteiger partial charge in [0, 0.05) is 29.1 Å². The molecule has 0 fully saturated rings. The number of sulfonamides is 1. The zero-order chi connectivity index (χ0) is 25.9. The van der Waals surface area contributed by atoms with Crippen molar-refractivity contribution in [3.05, 3.63) is 94.4 Å². The van der Waals surface area contributed by atoms with Gasteiger partial charge in [-0.2, -0.15) is 0 Å². The zero-order valence-electron chi connectivity index (χ0n) is 19.9. The van der Waals surface area contributed by atoms with Crippen molar-refractivity contribution in [3.8, 4) is 11.3 Å². The number of carbonyl (C=O) groups excluding carboxylic acids is 1. The van der Waals surface area contributed by atoms with E-state index in [0.717, 1.165) is 11.1 Å². The van der Waals surface area contributed by atoms with Gasteiger partial charge in [-0.15, -0.1) is 0 Å². The molecule has 0 unspecified atom stereocenters. The summed E-state index contributed by atoms with van der Waals surface area (Å²) in [7, 11) is -3.88. The molecule has 11 heteroatoms. The molecule has 0 saturated carbocycles. The Morgan fingerprint density at radius 1 is 0.944 bits per heavy atom. The average Bonchev–Trinajstić information content (AvgIpc) is 2.80. The molecule has 2 aromatic heterocycles. The summed E-state index contributed by atoms with van der Waals surface area (Å²) < 4.78 is 29.0. The van der Waals surface area contributed by atoms with Crippen LogP contribution in [0.1, 0.15) is 17.1 Å². The van der Waals surface area contributed by atoms with Crippen LogP contribution in [0.25, 0.3) is 11.3 Å². The molecule has 4 rings (SSSR count). The Kier molecular flexibility index (Phi) is 6.93. The summed E-state index contributed by atoms with van der Waals surface area (Å²) in [6, 6.07) is 16.2. The second-order valence-corrected chi connectivity index (χ2v) is 9.91. The molecule has 0 saturated heterocycles. The van der Waals surface area contributed by atoms with Crippen LogP contribution in [0.15, 0.2) is 76.7 Å². The van der Waals surface area contributed by atoms with E-state index in [9.17, 15) is 18.0 Å². The summed E-state index contributed by atoms with van der Waals surface area (Å²) in [6.45, 7) is 5.14. The Balaban J connectivity index is 1.41. The van der Waals surface area contributed by atoms with Crippen LogP contribution in [0, 0.1) is 20.8 Å². The lowest BCUT2D eigenvalue weighted by Gasteiger charge is -2.10. The second-order valence-electron chi connectivity index (χ2n) is 8.23. The maximum absolute atomic E-state index is 12.7. The predicted molar refractivity (Wildman–Crippen MR) is 136 cm³/mol. The first kappa shape index (κ1) is 24.7. The van der Waals surface area contributed by atoms with Gasteiger partial charge in [-0.05, 0) is 45.0 Å². The van der Waals surface area contributed by atoms with Gasteiger partial charge in [-0.1, -0.05) is 29.8 Å². The van der Waals surface area contributed by atoms with Gasteiger partial charge >= 0.3 is 0 Å². The van der Waals surface area contributed by atoms with Crippen molar-refractivity contribution in [3.63, 3.8) is 0 Å². The van der Waals surface area contributed by atoms with Crippen molar-refractivity contribution in [2.45, 2.75) is 32.2 Å². The van der Waals surface area contributed by atoms with Crippen molar-refractivity contribution < 1.29 is 13.2 Å². The maximum atomic E-state index is 12.7. The van der Waals surface area contributed by atoms with E-state index in [1.54, 1.807) is 13.8 Å². The van der Waals surface area contributed by atoms with Gasteiger partial charge in [0.15, 0.2) is 0 Å². The van der Waals surface area contributed by atoms with Crippen molar-refractivity contribution in [1.29, 1.82) is 0 Å². The number of nitrogens with one attached hydrogen (secondary N) is 2. The van der Waals surface area contributed by atoms with E-state index in [1.165, 1.54) is 47.3 Å². The number of aromatic nitrogens is 4. The molecule has 4 aromatic rings. The summed E-state index contributed by atoms with van der Waals surface area (Å²) in [4.78, 5) is 37.4. The molecule has 184 valence electrons. The van der Waals surface area contributed by atoms with Gasteiger partial charge in [0.2, 0.25) is 5.91 Å². The van der Waals surface area contributed by atoms with Gasteiger partial charge in [-0.25, -0.2) is 23.4 Å². The van der Waals surface area contributed by atoms with Crippen LogP contribution < -0.4 is 15.6 Å². The molecule has 2 N–H and O–H groups in total. The van der Waals surface area contributed by atoms with Crippen molar-refractivity contribution in [2.75, 3.05) is 10.0 Å². The number of benzene rings is 2. The topological polar surface area (TPSA) is 136 Å². The standard InChI is InChI=1S/C25H24N6O4S/c1-16-4-6-19(7-5-16)22-13-25(33)31(15-26-22)14-24(32)29-20-8-10-21(11-9-20)36(34,35)30-23-12-17(2)27-18(3)28-23/h4-13,15H,14H2,1-3H3,(H,29,32)(H,27,28,30). The normalized spacial score (nSPS) is 11.2. The maximum Gasteiger partial charge on any atom is 0.263 e. The highest BCUT2D eigenvalue weighted by Gasteiger charge is 2.16. The quantitative estimate of drug-likeness (QED) is 0.395. The van der Waals surface area contributed by atoms with Crippen LogP contribution in [0.2, 0.25) is 0 Å². The molecular formula is C25H24N6O4S. The van der Waals surface area contributed by atoms with Gasteiger partial charge in [-0.3, -0.25) is 18.9 Å². The Hall–Kier alpha value is -4.38. The fourth-order valence-electron chi connectivity index (χ4n) is 3.47. The Morgan fingerprint density at radius 3 is 2.28 bits per heavy atom. The third-order valence-electron chi connectivity index (χ3n) is 5.19. The summed E-state index contributed by atoms with van der Waals surface area (Å²) in [5.41, 5.74) is 3.08. The highest BCUT2D eigenvalue weighted by Crippen LogP contribution is 2.18. The van der Waals surface area contributed by atoms with Crippen molar-refractivity contribution >= 4 is 27.4 Å². The Bertz CT molecular complexity index is 1560. The minimum absolute atomic E-state index is 0.00142. The summed E-state index contributed by atoms with van der Waals surface area (Å²) >= 11 is 0. The second kappa shape index (κ2) is 10.1. The van der Waals surface area contributed by atoms with E-state index in [2.05, 4.69) is 25.0 Å². The van der Waals surface area contributed by atoms with E-state index in [-0.39, 0.29) is 22.8 Å². The largest absolute Gasteiger partial charge is 0.325 e. The lowest BCUT2D eigenvalue weighted by Crippen LogP contribution is -2.27. The molecule has 2 heterocycles. The summed E-state index contributed by atoms with van der Waals surface area (Å²) in [5.74, 6) is 0.164. The minimum Gasteiger partial charge on any atom is -0.325 e. The van der Waals surface area contributed by atoms with E-state index in [1.807, 2.05) is 31.2 Å². The van der Waals surface area contributed by atoms with Gasteiger partial charge in [0.1, 0.15) is 18.2 Å². The molecule has 36 heavy (non-hydrogen) atoms. The zero-order valence-corrected chi connectivity index (χ0v) is 20.7. The Labute approximate surface area is 208 Å². The predicted octanol–water partition coefficient (Wildman–Crippen LogP) is 3.07. The molecule has 10 nitrogen and oxygen atoms in total. The highest BCUT2D eigenvalue weighted by atomic mass is 32.2. The molecule has 0 atom stereocenters. The number of rotatable bonds is 7. The SMILES string of the molecule is Cc1ccc(-c2cc(=O)n(CC(=O)Nc3ccc(S(=O)(=O)Nc4cc(C)nc(C)n4)cc3)cn2)cc1. The lowest BCUT2D eigenvalue weighted by atomic mass is 10.1. The molecule has 0 spiro atoms. The molecule has 1 amide bonds. The molecule has 2 aromatic carbocycles. The summed E-state index contributed by atoms with van der Waals surface area (Å²) in [5, 5.41) is 2.65. The van der Waals surface area contributed by atoms with Gasteiger partial charge in [0.25, 0.3) is 15.6 Å². The number of hydrogen-bond acceptors (Lipinski definition) is 7. The third-order valence-corrected chi connectivity index (χ3v) is 6.56. The van der Waals surface area contributed by atoms with E-state index in [4.69, 9.17) is 0 Å². The number of amides is 1. The first-order chi connectivity index (χ1) is 17.1. The molecule has 0 radical (unpaired) electrons. The fourth-order valence-corrected chi connectivity index (χ4v) is 4.46. The molecule has 0 aliphatic carbocycles. The Morgan fingerprint density at radius 2 is 1.64 bits per heavy atom. The number of carbonyl (C=O) groups is 1. The van der Waals surface area contributed by atoms with Crippen molar-refractivity contribution in [2.24, 2.45) is 0 Å². The first-order valence-electron chi connectivity index (χ1n) is 11.0. The summed E-state index contributed by atoms with van der Waals surface area (Å²) in [6.07, 6.45) is 1.33. The molecule has 0 aliphatic rings. The number of nitrogens with zero attached hydrogens (tertiary/aromatic N) is 4. The van der Waals surface area contributed by atoms with Crippen LogP contribution >= 0.6 is 0 Å².